The van der Waals surface area contributed by atoms with Crippen LogP contribution in [0.3, 0.4) is 0 Å². The molecular weight excluding hydrogens is 200 g/mol. The summed E-state index contributed by atoms with van der Waals surface area (Å²) >= 11 is 0. The third kappa shape index (κ3) is 1.81. The first-order valence-corrected chi connectivity index (χ1v) is 5.02. The Morgan fingerprint density at radius 2 is 2.07 bits per heavy atom. The quantitative estimate of drug-likeness (QED) is 0.773. The van der Waals surface area contributed by atoms with Crippen LogP contribution in [-0.2, 0) is 0 Å². The van der Waals surface area contributed by atoms with Gasteiger partial charge in [0.25, 0.3) is 0 Å². The van der Waals surface area contributed by atoms with E-state index >= 15 is 0 Å². The molecule has 4 heteroatoms. The van der Waals surface area contributed by atoms with Crippen LogP contribution in [0.25, 0.3) is 0 Å². The lowest BCUT2D eigenvalue weighted by Crippen LogP contribution is -2.17. The molecule has 2 nitrogen and oxygen atoms in total. The van der Waals surface area contributed by atoms with Crippen LogP contribution in [0.1, 0.15) is 24.4 Å². The predicted octanol–water partition coefficient (Wildman–Crippen LogP) is 2.40. The maximum absolute atomic E-state index is 13.6. The first-order valence-electron chi connectivity index (χ1n) is 5.02. The van der Waals surface area contributed by atoms with Crippen molar-refractivity contribution in [1.82, 2.24) is 5.32 Å². The summed E-state index contributed by atoms with van der Waals surface area (Å²) < 4.78 is 32.2. The Morgan fingerprint density at radius 1 is 1.33 bits per heavy atom. The third-order valence-corrected chi connectivity index (χ3v) is 2.68. The van der Waals surface area contributed by atoms with Crippen molar-refractivity contribution in [3.05, 3.63) is 29.3 Å². The van der Waals surface area contributed by atoms with E-state index in [2.05, 4.69) is 5.32 Å². The molecule has 0 radical (unpaired) electrons. The zero-order valence-corrected chi connectivity index (χ0v) is 8.52. The van der Waals surface area contributed by atoms with E-state index in [1.165, 1.54) is 0 Å². The summed E-state index contributed by atoms with van der Waals surface area (Å²) in [5.74, 6) is -0.840. The standard InChI is InChI=1S/C11H13F2NO/c1-14-9-3-2-6-15-11-8(13)5-4-7(12)10(9)11/h4-5,9,14H,2-3,6H2,1H3. The van der Waals surface area contributed by atoms with E-state index < -0.39 is 11.6 Å². The van der Waals surface area contributed by atoms with Gasteiger partial charge in [0, 0.05) is 11.6 Å². The SMILES string of the molecule is CNC1CCCOc2c(F)ccc(F)c21. The van der Waals surface area contributed by atoms with Crippen LogP contribution in [0.15, 0.2) is 12.1 Å². The molecule has 1 aliphatic rings. The fourth-order valence-electron chi connectivity index (χ4n) is 1.91. The highest BCUT2D eigenvalue weighted by Crippen LogP contribution is 2.35. The van der Waals surface area contributed by atoms with Crippen molar-refractivity contribution in [3.63, 3.8) is 0 Å². The molecule has 82 valence electrons. The second-order valence-electron chi connectivity index (χ2n) is 3.60. The number of benzene rings is 1. The first-order chi connectivity index (χ1) is 7.24. The van der Waals surface area contributed by atoms with Gasteiger partial charge in [0.15, 0.2) is 11.6 Å². The van der Waals surface area contributed by atoms with Gasteiger partial charge in [0.1, 0.15) is 5.82 Å². The van der Waals surface area contributed by atoms with Gasteiger partial charge in [-0.3, -0.25) is 0 Å². The van der Waals surface area contributed by atoms with Crippen molar-refractivity contribution in [3.8, 4) is 5.75 Å². The summed E-state index contributed by atoms with van der Waals surface area (Å²) in [7, 11) is 1.74. The van der Waals surface area contributed by atoms with Crippen LogP contribution in [0, 0.1) is 11.6 Å². The minimum absolute atomic E-state index is 0.0619. The van der Waals surface area contributed by atoms with Crippen LogP contribution in [0.4, 0.5) is 8.78 Å². The minimum atomic E-state index is -0.492. The lowest BCUT2D eigenvalue weighted by Gasteiger charge is -2.16. The Morgan fingerprint density at radius 3 is 2.80 bits per heavy atom. The fraction of sp³-hybridized carbons (Fsp3) is 0.455. The second-order valence-corrected chi connectivity index (χ2v) is 3.60. The molecule has 0 amide bonds. The van der Waals surface area contributed by atoms with Gasteiger partial charge >= 0.3 is 0 Å². The lowest BCUT2D eigenvalue weighted by molar-refractivity contribution is 0.299. The minimum Gasteiger partial charge on any atom is -0.490 e. The number of nitrogens with one attached hydrogen (secondary N) is 1. The summed E-state index contributed by atoms with van der Waals surface area (Å²) in [6.45, 7) is 0.436. The topological polar surface area (TPSA) is 21.3 Å². The molecule has 0 saturated heterocycles. The first kappa shape index (κ1) is 10.4. The summed E-state index contributed by atoms with van der Waals surface area (Å²) in [5.41, 5.74) is 0.315. The highest BCUT2D eigenvalue weighted by molar-refractivity contribution is 5.39. The monoisotopic (exact) mass is 213 g/mol. The van der Waals surface area contributed by atoms with Gasteiger partial charge in [-0.1, -0.05) is 0 Å². The van der Waals surface area contributed by atoms with E-state index in [9.17, 15) is 8.78 Å². The molecule has 0 aromatic heterocycles. The number of rotatable bonds is 1. The van der Waals surface area contributed by atoms with E-state index in [1.807, 2.05) is 0 Å². The fourth-order valence-corrected chi connectivity index (χ4v) is 1.91. The van der Waals surface area contributed by atoms with Crippen molar-refractivity contribution in [2.45, 2.75) is 18.9 Å². The molecular formula is C11H13F2NO. The summed E-state index contributed by atoms with van der Waals surface area (Å²) in [4.78, 5) is 0. The zero-order chi connectivity index (χ0) is 10.8. The Bertz CT molecular complexity index is 368. The molecule has 1 aliphatic heterocycles. The molecule has 0 spiro atoms. The van der Waals surface area contributed by atoms with Crippen LogP contribution in [-0.4, -0.2) is 13.7 Å². The Kier molecular flexibility index (Phi) is 2.86. The van der Waals surface area contributed by atoms with E-state index in [-0.39, 0.29) is 11.8 Å². The van der Waals surface area contributed by atoms with Gasteiger partial charge in [0.05, 0.1) is 6.61 Å². The van der Waals surface area contributed by atoms with Gasteiger partial charge in [-0.15, -0.1) is 0 Å². The average molecular weight is 213 g/mol. The molecule has 0 fully saturated rings. The highest BCUT2D eigenvalue weighted by atomic mass is 19.1. The van der Waals surface area contributed by atoms with Gasteiger partial charge in [0.2, 0.25) is 0 Å². The molecule has 1 heterocycles. The van der Waals surface area contributed by atoms with E-state index in [0.717, 1.165) is 25.0 Å². The van der Waals surface area contributed by atoms with Crippen LogP contribution >= 0.6 is 0 Å². The molecule has 0 saturated carbocycles. The number of hydrogen-bond acceptors (Lipinski definition) is 2. The Labute approximate surface area is 87.2 Å². The van der Waals surface area contributed by atoms with Crippen LogP contribution < -0.4 is 10.1 Å². The van der Waals surface area contributed by atoms with E-state index in [0.29, 0.717) is 12.2 Å². The number of hydrogen-bond donors (Lipinski definition) is 1. The van der Waals surface area contributed by atoms with Gasteiger partial charge in [-0.25, -0.2) is 8.78 Å². The third-order valence-electron chi connectivity index (χ3n) is 2.68. The normalized spacial score (nSPS) is 20.3. The Balaban J connectivity index is 2.54. The van der Waals surface area contributed by atoms with E-state index in [4.69, 9.17) is 4.74 Å². The van der Waals surface area contributed by atoms with Crippen molar-refractivity contribution in [2.24, 2.45) is 0 Å². The summed E-state index contributed by atoms with van der Waals surface area (Å²) in [5, 5.41) is 2.98. The van der Waals surface area contributed by atoms with Gasteiger partial charge < -0.3 is 10.1 Å². The van der Waals surface area contributed by atoms with Gasteiger partial charge in [-0.2, -0.15) is 0 Å². The molecule has 1 atom stereocenters. The largest absolute Gasteiger partial charge is 0.490 e. The van der Waals surface area contributed by atoms with Crippen LogP contribution in [0.2, 0.25) is 0 Å². The number of fused-ring (bicyclic) bond motifs is 1. The zero-order valence-electron chi connectivity index (χ0n) is 8.52. The second kappa shape index (κ2) is 4.14. The van der Waals surface area contributed by atoms with Crippen molar-refractivity contribution < 1.29 is 13.5 Å². The van der Waals surface area contributed by atoms with Gasteiger partial charge in [-0.05, 0) is 32.0 Å². The molecule has 1 N–H and O–H groups in total. The Hall–Kier alpha value is -1.16. The average Bonchev–Trinajstić information content (AvgIpc) is 2.46. The molecule has 0 bridgehead atoms. The van der Waals surface area contributed by atoms with Crippen molar-refractivity contribution >= 4 is 0 Å². The smallest absolute Gasteiger partial charge is 0.165 e. The van der Waals surface area contributed by atoms with Crippen molar-refractivity contribution in [2.75, 3.05) is 13.7 Å². The molecule has 1 aromatic carbocycles. The maximum Gasteiger partial charge on any atom is 0.165 e. The lowest BCUT2D eigenvalue weighted by atomic mass is 10.0. The maximum atomic E-state index is 13.6. The number of halogens is 2. The van der Waals surface area contributed by atoms with Crippen molar-refractivity contribution in [1.29, 1.82) is 0 Å². The van der Waals surface area contributed by atoms with E-state index in [1.54, 1.807) is 7.05 Å². The number of ether oxygens (including phenoxy) is 1. The molecule has 0 aliphatic carbocycles. The molecule has 1 aromatic rings. The summed E-state index contributed by atoms with van der Waals surface area (Å²) in [6, 6.07) is 2.08. The molecule has 1 unspecified atom stereocenters. The van der Waals surface area contributed by atoms with Crippen LogP contribution in [0.5, 0.6) is 5.75 Å². The molecule has 2 rings (SSSR count). The predicted molar refractivity (Wildman–Crippen MR) is 52.9 cm³/mol. The summed E-state index contributed by atoms with van der Waals surface area (Å²) in [6.07, 6.45) is 1.54. The highest BCUT2D eigenvalue weighted by Gasteiger charge is 2.24. The molecule has 15 heavy (non-hydrogen) atoms.